The second kappa shape index (κ2) is 4.26. The summed E-state index contributed by atoms with van der Waals surface area (Å²) in [4.78, 5) is 0. The highest BCUT2D eigenvalue weighted by Gasteiger charge is 2.04. The second-order valence-corrected chi connectivity index (χ2v) is 3.67. The van der Waals surface area contributed by atoms with Crippen molar-refractivity contribution in [3.05, 3.63) is 36.7 Å². The Morgan fingerprint density at radius 2 is 2.38 bits per heavy atom. The molecule has 16 heavy (non-hydrogen) atoms. The van der Waals surface area contributed by atoms with E-state index in [1.165, 1.54) is 6.26 Å². The molecule has 0 aliphatic heterocycles. The predicted octanol–water partition coefficient (Wildman–Crippen LogP) is 2.09. The first-order chi connectivity index (χ1) is 7.72. The molecule has 0 amide bonds. The summed E-state index contributed by atoms with van der Waals surface area (Å²) in [7, 11) is 0. The lowest BCUT2D eigenvalue weighted by Crippen LogP contribution is -2.05. The molecule has 0 spiro atoms. The summed E-state index contributed by atoms with van der Waals surface area (Å²) in [6.07, 6.45) is 3.28. The standard InChI is InChI=1S/C12H15N3O/c1-3-16-5-4-15-12-7-11(13)9(2)6-10(12)8-14-15/h3,6-8H,1,4-5,13H2,2H3. The van der Waals surface area contributed by atoms with Gasteiger partial charge in [-0.05, 0) is 24.6 Å². The Balaban J connectivity index is 2.32. The van der Waals surface area contributed by atoms with Gasteiger partial charge in [-0.25, -0.2) is 0 Å². The fourth-order valence-corrected chi connectivity index (χ4v) is 1.66. The Hall–Kier alpha value is -1.97. The Kier molecular flexibility index (Phi) is 2.81. The van der Waals surface area contributed by atoms with Crippen molar-refractivity contribution in [3.8, 4) is 0 Å². The SMILES string of the molecule is C=COCCn1ncc2cc(C)c(N)cc21. The Morgan fingerprint density at radius 3 is 3.12 bits per heavy atom. The van der Waals surface area contributed by atoms with Crippen LogP contribution in [0.3, 0.4) is 0 Å². The minimum atomic E-state index is 0.564. The molecule has 1 aromatic heterocycles. The van der Waals surface area contributed by atoms with Gasteiger partial charge in [-0.1, -0.05) is 6.58 Å². The Morgan fingerprint density at radius 1 is 1.56 bits per heavy atom. The number of benzene rings is 1. The molecule has 1 aromatic carbocycles. The number of hydrogen-bond acceptors (Lipinski definition) is 3. The number of rotatable bonds is 4. The van der Waals surface area contributed by atoms with E-state index in [0.29, 0.717) is 13.2 Å². The molecule has 0 aliphatic carbocycles. The van der Waals surface area contributed by atoms with Crippen LogP contribution in [-0.4, -0.2) is 16.4 Å². The van der Waals surface area contributed by atoms with Crippen LogP contribution in [0.5, 0.6) is 0 Å². The number of aryl methyl sites for hydroxylation is 1. The third-order valence-corrected chi connectivity index (χ3v) is 2.57. The first-order valence-electron chi connectivity index (χ1n) is 5.16. The van der Waals surface area contributed by atoms with Gasteiger partial charge in [0.05, 0.1) is 24.5 Å². The summed E-state index contributed by atoms with van der Waals surface area (Å²) in [6.45, 7) is 6.74. The summed E-state index contributed by atoms with van der Waals surface area (Å²) in [5.74, 6) is 0. The molecular weight excluding hydrogens is 202 g/mol. The number of fused-ring (bicyclic) bond motifs is 1. The van der Waals surface area contributed by atoms with Crippen LogP contribution >= 0.6 is 0 Å². The van der Waals surface area contributed by atoms with E-state index in [1.807, 2.05) is 29.9 Å². The molecule has 0 fully saturated rings. The molecule has 4 heteroatoms. The van der Waals surface area contributed by atoms with E-state index in [9.17, 15) is 0 Å². The van der Waals surface area contributed by atoms with Crippen molar-refractivity contribution in [2.75, 3.05) is 12.3 Å². The molecule has 0 atom stereocenters. The zero-order valence-electron chi connectivity index (χ0n) is 9.31. The van der Waals surface area contributed by atoms with Gasteiger partial charge in [-0.2, -0.15) is 5.10 Å². The van der Waals surface area contributed by atoms with Crippen LogP contribution in [0.1, 0.15) is 5.56 Å². The lowest BCUT2D eigenvalue weighted by molar-refractivity contribution is 0.233. The summed E-state index contributed by atoms with van der Waals surface area (Å²) in [5, 5.41) is 5.40. The smallest absolute Gasteiger partial charge is 0.107 e. The molecule has 0 saturated carbocycles. The highest BCUT2D eigenvalue weighted by molar-refractivity contribution is 5.83. The summed E-state index contributed by atoms with van der Waals surface area (Å²) in [5.41, 5.74) is 8.79. The number of hydrogen-bond donors (Lipinski definition) is 1. The van der Waals surface area contributed by atoms with Crippen LogP contribution in [0, 0.1) is 6.92 Å². The molecule has 2 rings (SSSR count). The van der Waals surface area contributed by atoms with Gasteiger partial charge in [-0.3, -0.25) is 4.68 Å². The topological polar surface area (TPSA) is 53.1 Å². The van der Waals surface area contributed by atoms with Crippen LogP contribution in [0.25, 0.3) is 10.9 Å². The van der Waals surface area contributed by atoms with Gasteiger partial charge in [0.25, 0.3) is 0 Å². The lowest BCUT2D eigenvalue weighted by atomic mass is 10.1. The van der Waals surface area contributed by atoms with Crippen LogP contribution in [-0.2, 0) is 11.3 Å². The largest absolute Gasteiger partial charge is 0.500 e. The molecular formula is C12H15N3O. The van der Waals surface area contributed by atoms with Gasteiger partial charge in [0, 0.05) is 11.1 Å². The van der Waals surface area contributed by atoms with Gasteiger partial charge >= 0.3 is 0 Å². The fourth-order valence-electron chi connectivity index (χ4n) is 1.66. The molecule has 84 valence electrons. The van der Waals surface area contributed by atoms with Crippen LogP contribution in [0.2, 0.25) is 0 Å². The van der Waals surface area contributed by atoms with Crippen molar-refractivity contribution in [1.29, 1.82) is 0 Å². The van der Waals surface area contributed by atoms with Gasteiger partial charge in [0.1, 0.15) is 6.61 Å². The van der Waals surface area contributed by atoms with E-state index < -0.39 is 0 Å². The average Bonchev–Trinajstić information content (AvgIpc) is 2.63. The maximum absolute atomic E-state index is 5.88. The quantitative estimate of drug-likeness (QED) is 0.484. The van der Waals surface area contributed by atoms with Crippen molar-refractivity contribution in [1.82, 2.24) is 9.78 Å². The Bertz CT molecular complexity index is 516. The van der Waals surface area contributed by atoms with Crippen LogP contribution in [0.15, 0.2) is 31.2 Å². The van der Waals surface area contributed by atoms with Crippen molar-refractivity contribution >= 4 is 16.6 Å². The summed E-state index contributed by atoms with van der Waals surface area (Å²) in [6, 6.07) is 3.99. The number of ether oxygens (including phenoxy) is 1. The van der Waals surface area contributed by atoms with Gasteiger partial charge in [-0.15, -0.1) is 0 Å². The van der Waals surface area contributed by atoms with Crippen molar-refractivity contribution in [3.63, 3.8) is 0 Å². The molecule has 0 radical (unpaired) electrons. The number of aromatic nitrogens is 2. The highest BCUT2D eigenvalue weighted by Crippen LogP contribution is 2.20. The Labute approximate surface area is 94.3 Å². The number of anilines is 1. The van der Waals surface area contributed by atoms with Crippen molar-refractivity contribution < 1.29 is 4.74 Å². The normalized spacial score (nSPS) is 10.6. The van der Waals surface area contributed by atoms with Crippen molar-refractivity contribution in [2.45, 2.75) is 13.5 Å². The fraction of sp³-hybridized carbons (Fsp3) is 0.250. The first-order valence-corrected chi connectivity index (χ1v) is 5.16. The maximum Gasteiger partial charge on any atom is 0.107 e. The average molecular weight is 217 g/mol. The van der Waals surface area contributed by atoms with Gasteiger partial charge in [0.15, 0.2) is 0 Å². The zero-order chi connectivity index (χ0) is 11.5. The van der Waals surface area contributed by atoms with Gasteiger partial charge in [0.2, 0.25) is 0 Å². The summed E-state index contributed by atoms with van der Waals surface area (Å²) < 4.78 is 6.97. The van der Waals surface area contributed by atoms with E-state index in [1.54, 1.807) is 0 Å². The summed E-state index contributed by atoms with van der Waals surface area (Å²) >= 11 is 0. The second-order valence-electron chi connectivity index (χ2n) is 3.67. The molecule has 2 N–H and O–H groups in total. The first kappa shape index (κ1) is 10.5. The number of nitrogen functional groups attached to an aromatic ring is 1. The van der Waals surface area contributed by atoms with Crippen LogP contribution in [0.4, 0.5) is 5.69 Å². The van der Waals surface area contributed by atoms with Crippen molar-refractivity contribution in [2.24, 2.45) is 0 Å². The zero-order valence-corrected chi connectivity index (χ0v) is 9.31. The lowest BCUT2D eigenvalue weighted by Gasteiger charge is -2.05. The number of nitrogens with two attached hydrogens (primary N) is 1. The maximum atomic E-state index is 5.88. The molecule has 1 heterocycles. The molecule has 2 aromatic rings. The third-order valence-electron chi connectivity index (χ3n) is 2.57. The van der Waals surface area contributed by atoms with Gasteiger partial charge < -0.3 is 10.5 Å². The van der Waals surface area contributed by atoms with E-state index in [2.05, 4.69) is 11.7 Å². The predicted molar refractivity (Wildman–Crippen MR) is 65.0 cm³/mol. The van der Waals surface area contributed by atoms with E-state index in [-0.39, 0.29) is 0 Å². The molecule has 0 saturated heterocycles. The molecule has 4 nitrogen and oxygen atoms in total. The van der Waals surface area contributed by atoms with E-state index in [4.69, 9.17) is 10.5 Å². The monoisotopic (exact) mass is 217 g/mol. The van der Waals surface area contributed by atoms with E-state index >= 15 is 0 Å². The molecule has 0 unspecified atom stereocenters. The van der Waals surface area contributed by atoms with Crippen LogP contribution < -0.4 is 5.73 Å². The minimum absolute atomic E-state index is 0.564. The molecule has 0 aliphatic rings. The number of nitrogens with zero attached hydrogens (tertiary/aromatic N) is 2. The minimum Gasteiger partial charge on any atom is -0.500 e. The highest BCUT2D eigenvalue weighted by atomic mass is 16.5. The third kappa shape index (κ3) is 1.86. The van der Waals surface area contributed by atoms with E-state index in [0.717, 1.165) is 22.2 Å². The molecule has 0 bridgehead atoms.